The van der Waals surface area contributed by atoms with E-state index in [4.69, 9.17) is 4.74 Å². The van der Waals surface area contributed by atoms with Gasteiger partial charge >= 0.3 is 6.03 Å². The van der Waals surface area contributed by atoms with E-state index in [0.29, 0.717) is 19.6 Å². The molecule has 122 valence electrons. The molecule has 1 aromatic carbocycles. The highest BCUT2D eigenvalue weighted by Crippen LogP contribution is 2.36. The summed E-state index contributed by atoms with van der Waals surface area (Å²) in [5.74, 6) is 0.893. The second-order valence-corrected chi connectivity index (χ2v) is 6.16. The number of ether oxygens (including phenoxy) is 1. The van der Waals surface area contributed by atoms with Crippen molar-refractivity contribution in [3.63, 3.8) is 0 Å². The lowest BCUT2D eigenvalue weighted by Crippen LogP contribution is -2.56. The number of aliphatic hydroxyl groups excluding tert-OH is 1. The van der Waals surface area contributed by atoms with Crippen molar-refractivity contribution in [1.82, 2.24) is 10.2 Å². The van der Waals surface area contributed by atoms with Crippen molar-refractivity contribution in [1.29, 1.82) is 0 Å². The van der Waals surface area contributed by atoms with Crippen molar-refractivity contribution in [2.24, 2.45) is 0 Å². The summed E-state index contributed by atoms with van der Waals surface area (Å²) in [6.45, 7) is 5.82. The summed E-state index contributed by atoms with van der Waals surface area (Å²) >= 11 is 0. The molecule has 1 aliphatic rings. The number of para-hydroxylation sites is 1. The minimum absolute atomic E-state index is 0.0473. The molecule has 1 heterocycles. The van der Waals surface area contributed by atoms with Crippen LogP contribution in [0.25, 0.3) is 0 Å². The van der Waals surface area contributed by atoms with Crippen LogP contribution in [0, 0.1) is 0 Å². The molecule has 2 rings (SSSR count). The first kappa shape index (κ1) is 16.6. The molecule has 2 amide bonds. The lowest BCUT2D eigenvalue weighted by Gasteiger charge is -2.36. The summed E-state index contributed by atoms with van der Waals surface area (Å²) in [6.07, 6.45) is 1.44. The summed E-state index contributed by atoms with van der Waals surface area (Å²) in [6, 6.07) is 7.96. The van der Waals surface area contributed by atoms with Crippen molar-refractivity contribution in [2.75, 3.05) is 26.7 Å². The molecule has 2 N–H and O–H groups in total. The molecule has 1 aliphatic heterocycles. The van der Waals surface area contributed by atoms with E-state index in [2.05, 4.69) is 25.2 Å². The van der Waals surface area contributed by atoms with Crippen molar-refractivity contribution in [2.45, 2.75) is 38.2 Å². The van der Waals surface area contributed by atoms with Gasteiger partial charge in [-0.05, 0) is 24.3 Å². The largest absolute Gasteiger partial charge is 0.496 e. The smallest absolute Gasteiger partial charge is 0.317 e. The van der Waals surface area contributed by atoms with Crippen LogP contribution in [0.2, 0.25) is 0 Å². The van der Waals surface area contributed by atoms with Crippen LogP contribution in [0.4, 0.5) is 4.79 Å². The number of aliphatic hydroxyl groups is 1. The zero-order valence-electron chi connectivity index (χ0n) is 13.6. The maximum atomic E-state index is 11.9. The highest BCUT2D eigenvalue weighted by Gasteiger charge is 2.30. The fourth-order valence-electron chi connectivity index (χ4n) is 2.82. The molecule has 22 heavy (non-hydrogen) atoms. The minimum Gasteiger partial charge on any atom is -0.496 e. The van der Waals surface area contributed by atoms with E-state index in [-0.39, 0.29) is 17.6 Å². The molecule has 0 aliphatic carbocycles. The Morgan fingerprint density at radius 3 is 2.73 bits per heavy atom. The maximum Gasteiger partial charge on any atom is 0.317 e. The normalized spacial score (nSPS) is 17.5. The number of hydrogen-bond acceptors (Lipinski definition) is 3. The number of methoxy groups -OCH3 is 1. The van der Waals surface area contributed by atoms with E-state index >= 15 is 0 Å². The molecule has 1 aromatic rings. The number of likely N-dealkylation sites (tertiary alicyclic amines) is 1. The van der Waals surface area contributed by atoms with E-state index < -0.39 is 0 Å². The van der Waals surface area contributed by atoms with Gasteiger partial charge in [-0.1, -0.05) is 32.0 Å². The Kier molecular flexibility index (Phi) is 5.29. The molecule has 0 bridgehead atoms. The van der Waals surface area contributed by atoms with Gasteiger partial charge in [0.05, 0.1) is 26.3 Å². The van der Waals surface area contributed by atoms with E-state index in [1.54, 1.807) is 12.0 Å². The number of carbonyl (C=O) groups excluding carboxylic acids is 1. The van der Waals surface area contributed by atoms with Crippen LogP contribution in [0.1, 0.15) is 32.3 Å². The van der Waals surface area contributed by atoms with Gasteiger partial charge in [0.15, 0.2) is 0 Å². The highest BCUT2D eigenvalue weighted by atomic mass is 16.5. The van der Waals surface area contributed by atoms with E-state index in [0.717, 1.165) is 18.6 Å². The summed E-state index contributed by atoms with van der Waals surface area (Å²) in [5.41, 5.74) is 1.13. The monoisotopic (exact) mass is 306 g/mol. The van der Waals surface area contributed by atoms with Gasteiger partial charge in [0, 0.05) is 12.1 Å². The van der Waals surface area contributed by atoms with Crippen molar-refractivity contribution < 1.29 is 14.6 Å². The van der Waals surface area contributed by atoms with Crippen LogP contribution in [-0.2, 0) is 5.41 Å². The van der Waals surface area contributed by atoms with Gasteiger partial charge in [0.25, 0.3) is 0 Å². The fourth-order valence-corrected chi connectivity index (χ4v) is 2.82. The van der Waals surface area contributed by atoms with Crippen LogP contribution in [0.5, 0.6) is 5.75 Å². The highest BCUT2D eigenvalue weighted by molar-refractivity contribution is 5.75. The molecule has 5 nitrogen and oxygen atoms in total. The number of nitrogens with zero attached hydrogens (tertiary/aromatic N) is 1. The third-order valence-electron chi connectivity index (χ3n) is 4.64. The molecule has 0 aromatic heterocycles. The van der Waals surface area contributed by atoms with Crippen LogP contribution < -0.4 is 10.1 Å². The third kappa shape index (κ3) is 3.53. The van der Waals surface area contributed by atoms with Crippen LogP contribution >= 0.6 is 0 Å². The number of nitrogens with one attached hydrogen (secondary N) is 1. The Morgan fingerprint density at radius 2 is 2.14 bits per heavy atom. The summed E-state index contributed by atoms with van der Waals surface area (Å²) in [4.78, 5) is 13.5. The van der Waals surface area contributed by atoms with Gasteiger partial charge in [0.2, 0.25) is 0 Å². The number of urea groups is 1. The lowest BCUT2D eigenvalue weighted by atomic mass is 9.77. The third-order valence-corrected chi connectivity index (χ3v) is 4.64. The number of hydrogen-bond donors (Lipinski definition) is 2. The molecule has 1 atom stereocenters. The topological polar surface area (TPSA) is 61.8 Å². The molecule has 5 heteroatoms. The average Bonchev–Trinajstić information content (AvgIpc) is 2.51. The summed E-state index contributed by atoms with van der Waals surface area (Å²) in [7, 11) is 1.69. The van der Waals surface area contributed by atoms with Crippen LogP contribution in [-0.4, -0.2) is 48.9 Å². The number of carbonyl (C=O) groups is 1. The molecule has 0 radical (unpaired) electrons. The summed E-state index contributed by atoms with van der Waals surface area (Å²) in [5, 5.41) is 12.2. The van der Waals surface area contributed by atoms with Gasteiger partial charge in [-0.25, -0.2) is 4.79 Å². The fraction of sp³-hybridized carbons (Fsp3) is 0.588. The van der Waals surface area contributed by atoms with Gasteiger partial charge in [-0.15, -0.1) is 0 Å². The number of amides is 2. The molecule has 0 unspecified atom stereocenters. The zero-order valence-corrected chi connectivity index (χ0v) is 13.6. The first-order valence-corrected chi connectivity index (χ1v) is 7.84. The second-order valence-electron chi connectivity index (χ2n) is 6.16. The first-order valence-electron chi connectivity index (χ1n) is 7.84. The van der Waals surface area contributed by atoms with Crippen LogP contribution in [0.3, 0.4) is 0 Å². The average molecular weight is 306 g/mol. The summed E-state index contributed by atoms with van der Waals surface area (Å²) < 4.78 is 5.47. The molecule has 0 saturated carbocycles. The SMILES string of the molecule is CC[C@@](C)(CCNC(=O)N1CC(O)C1)c1ccccc1OC. The predicted molar refractivity (Wildman–Crippen MR) is 86.2 cm³/mol. The van der Waals surface area contributed by atoms with Gasteiger partial charge in [-0.3, -0.25) is 0 Å². The maximum absolute atomic E-state index is 11.9. The number of β-amino-alcohol motifs (C(OH)–C–C–N with tert-alkyl or cyclic N) is 1. The molecular formula is C17H26N2O3. The van der Waals surface area contributed by atoms with Crippen molar-refractivity contribution >= 4 is 6.03 Å². The van der Waals surface area contributed by atoms with Crippen LogP contribution in [0.15, 0.2) is 24.3 Å². The van der Waals surface area contributed by atoms with E-state index in [1.807, 2.05) is 18.2 Å². The Bertz CT molecular complexity index is 514. The minimum atomic E-state index is -0.361. The molecular weight excluding hydrogens is 280 g/mol. The van der Waals surface area contributed by atoms with Gasteiger partial charge in [-0.2, -0.15) is 0 Å². The molecule has 0 spiro atoms. The first-order chi connectivity index (χ1) is 10.5. The number of rotatable bonds is 6. The quantitative estimate of drug-likeness (QED) is 0.846. The Balaban J connectivity index is 1.94. The predicted octanol–water partition coefficient (Wildman–Crippen LogP) is 2.14. The second kappa shape index (κ2) is 7.01. The Morgan fingerprint density at radius 1 is 1.45 bits per heavy atom. The van der Waals surface area contributed by atoms with E-state index in [9.17, 15) is 9.90 Å². The van der Waals surface area contributed by atoms with E-state index in [1.165, 1.54) is 5.56 Å². The lowest BCUT2D eigenvalue weighted by molar-refractivity contribution is 0.0265. The standard InChI is InChI=1S/C17H26N2O3/c1-4-17(2,14-7-5-6-8-15(14)22-3)9-10-18-16(21)19-11-13(20)12-19/h5-8,13,20H,4,9-12H2,1-3H3,(H,18,21)/t17-/m0/s1. The van der Waals surface area contributed by atoms with Gasteiger partial charge < -0.3 is 20.1 Å². The van der Waals surface area contributed by atoms with Crippen molar-refractivity contribution in [3.8, 4) is 5.75 Å². The molecule has 1 saturated heterocycles. The van der Waals surface area contributed by atoms with Crippen molar-refractivity contribution in [3.05, 3.63) is 29.8 Å². The number of benzene rings is 1. The Labute approximate surface area is 132 Å². The molecule has 1 fully saturated rings. The Hall–Kier alpha value is -1.75. The zero-order chi connectivity index (χ0) is 16.2. The van der Waals surface area contributed by atoms with Gasteiger partial charge in [0.1, 0.15) is 5.75 Å².